The van der Waals surface area contributed by atoms with Crippen molar-refractivity contribution in [2.75, 3.05) is 0 Å². The van der Waals surface area contributed by atoms with Gasteiger partial charge in [-0.1, -0.05) is 11.6 Å². The molecule has 0 saturated carbocycles. The predicted octanol–water partition coefficient (Wildman–Crippen LogP) is 3.56. The normalized spacial score (nSPS) is 15.1. The highest BCUT2D eigenvalue weighted by atomic mass is 16.5. The Morgan fingerprint density at radius 2 is 1.96 bits per heavy atom. The van der Waals surface area contributed by atoms with Gasteiger partial charge in [-0.2, -0.15) is 0 Å². The Balaban J connectivity index is 2.17. The van der Waals surface area contributed by atoms with Gasteiger partial charge >= 0.3 is 5.97 Å². The summed E-state index contributed by atoms with van der Waals surface area (Å²) in [6, 6.07) is 5.93. The van der Waals surface area contributed by atoms with E-state index in [0.717, 1.165) is 53.4 Å². The fraction of sp³-hybridized carbons (Fsp3) is 0.421. The molecule has 4 nitrogen and oxygen atoms in total. The summed E-state index contributed by atoms with van der Waals surface area (Å²) in [4.78, 5) is 28.9. The Morgan fingerprint density at radius 1 is 1.22 bits per heavy atom. The summed E-state index contributed by atoms with van der Waals surface area (Å²) in [5, 5.41) is 0.825. The molecular formula is C19H21NO3. The van der Waals surface area contributed by atoms with Crippen molar-refractivity contribution in [3.05, 3.63) is 40.6 Å². The largest absolute Gasteiger partial charge is 0.451 e. The second-order valence-corrected chi connectivity index (χ2v) is 6.30. The molecule has 0 radical (unpaired) electrons. The number of pyridine rings is 1. The van der Waals surface area contributed by atoms with E-state index in [0.29, 0.717) is 5.56 Å². The maximum Gasteiger partial charge on any atom is 0.339 e. The molecule has 0 N–H and O–H groups in total. The zero-order valence-electron chi connectivity index (χ0n) is 13.8. The van der Waals surface area contributed by atoms with E-state index in [1.807, 2.05) is 25.1 Å². The quantitative estimate of drug-likeness (QED) is 0.813. The van der Waals surface area contributed by atoms with E-state index < -0.39 is 12.1 Å². The van der Waals surface area contributed by atoms with E-state index in [1.54, 1.807) is 6.92 Å². The van der Waals surface area contributed by atoms with E-state index in [4.69, 9.17) is 9.72 Å². The zero-order valence-corrected chi connectivity index (χ0v) is 13.8. The molecule has 4 heteroatoms. The first-order valence-electron chi connectivity index (χ1n) is 8.11. The average Bonchev–Trinajstić information content (AvgIpc) is 2.52. The molecule has 0 amide bonds. The maximum atomic E-state index is 12.8. The van der Waals surface area contributed by atoms with E-state index in [1.165, 1.54) is 6.92 Å². The van der Waals surface area contributed by atoms with Gasteiger partial charge in [0.1, 0.15) is 0 Å². The number of ether oxygens (including phenoxy) is 1. The van der Waals surface area contributed by atoms with E-state index in [2.05, 4.69) is 0 Å². The summed E-state index contributed by atoms with van der Waals surface area (Å²) in [6.45, 7) is 5.04. The van der Waals surface area contributed by atoms with Crippen LogP contribution in [0.4, 0.5) is 0 Å². The smallest absolute Gasteiger partial charge is 0.339 e. The van der Waals surface area contributed by atoms with Gasteiger partial charge in [-0.05, 0) is 64.2 Å². The van der Waals surface area contributed by atoms with Crippen molar-refractivity contribution in [2.24, 2.45) is 0 Å². The van der Waals surface area contributed by atoms with Gasteiger partial charge in [0.05, 0.1) is 11.1 Å². The van der Waals surface area contributed by atoms with Gasteiger partial charge in [0.15, 0.2) is 11.9 Å². The predicted molar refractivity (Wildman–Crippen MR) is 88.7 cm³/mol. The minimum absolute atomic E-state index is 0.151. The van der Waals surface area contributed by atoms with Crippen LogP contribution in [0.3, 0.4) is 0 Å². The van der Waals surface area contributed by atoms with Crippen molar-refractivity contribution in [1.82, 2.24) is 4.98 Å². The summed E-state index contributed by atoms with van der Waals surface area (Å²) in [6.07, 6.45) is 3.14. The molecule has 120 valence electrons. The number of Topliss-reactive ketones (excluding diaryl/α,β-unsaturated/α-hetero) is 1. The zero-order chi connectivity index (χ0) is 16.6. The van der Waals surface area contributed by atoms with E-state index in [9.17, 15) is 9.59 Å². The number of esters is 1. The first-order chi connectivity index (χ1) is 11.0. The van der Waals surface area contributed by atoms with Gasteiger partial charge < -0.3 is 4.74 Å². The molecule has 0 saturated heterocycles. The Labute approximate surface area is 135 Å². The number of aryl methyl sites for hydroxylation is 2. The number of nitrogens with zero attached hydrogens (tertiary/aromatic N) is 1. The Hall–Kier alpha value is -2.23. The molecule has 2 aromatic rings. The molecule has 1 unspecified atom stereocenters. The molecule has 1 aliphatic carbocycles. The standard InChI is InChI=1S/C19H21NO3/c1-11-8-9-17-15(10-11)18(19(22)23-13(3)12(2)21)14-6-4-5-7-16(14)20-17/h8-10,13H,4-7H2,1-3H3. The lowest BCUT2D eigenvalue weighted by molar-refractivity contribution is -0.124. The molecule has 1 aromatic carbocycles. The monoisotopic (exact) mass is 311 g/mol. The number of hydrogen-bond donors (Lipinski definition) is 0. The molecule has 3 rings (SSSR count). The van der Waals surface area contributed by atoms with Gasteiger partial charge in [0.2, 0.25) is 0 Å². The minimum atomic E-state index is -0.727. The van der Waals surface area contributed by atoms with Crippen LogP contribution in [-0.4, -0.2) is 22.8 Å². The highest BCUT2D eigenvalue weighted by Crippen LogP contribution is 2.30. The summed E-state index contributed by atoms with van der Waals surface area (Å²) in [5.74, 6) is -0.564. The third-order valence-electron chi connectivity index (χ3n) is 4.48. The van der Waals surface area contributed by atoms with Gasteiger partial charge in [0.25, 0.3) is 0 Å². The summed E-state index contributed by atoms with van der Waals surface area (Å²) < 4.78 is 5.40. The first-order valence-corrected chi connectivity index (χ1v) is 8.11. The molecule has 0 fully saturated rings. The van der Waals surface area contributed by atoms with Gasteiger partial charge in [-0.15, -0.1) is 0 Å². The van der Waals surface area contributed by atoms with E-state index in [-0.39, 0.29) is 5.78 Å². The molecule has 1 aromatic heterocycles. The van der Waals surface area contributed by atoms with Crippen molar-refractivity contribution < 1.29 is 14.3 Å². The number of aromatic nitrogens is 1. The molecule has 1 aliphatic rings. The van der Waals surface area contributed by atoms with Crippen LogP contribution in [0.2, 0.25) is 0 Å². The molecule has 0 spiro atoms. The van der Waals surface area contributed by atoms with Crippen LogP contribution < -0.4 is 0 Å². The van der Waals surface area contributed by atoms with Crippen molar-refractivity contribution in [1.29, 1.82) is 0 Å². The third kappa shape index (κ3) is 2.98. The van der Waals surface area contributed by atoms with Crippen LogP contribution in [0.25, 0.3) is 10.9 Å². The average molecular weight is 311 g/mol. The second kappa shape index (κ2) is 6.11. The highest BCUT2D eigenvalue weighted by Gasteiger charge is 2.25. The van der Waals surface area contributed by atoms with E-state index >= 15 is 0 Å². The van der Waals surface area contributed by atoms with Crippen LogP contribution in [0.1, 0.15) is 53.9 Å². The molecular weight excluding hydrogens is 290 g/mol. The lowest BCUT2D eigenvalue weighted by Crippen LogP contribution is -2.24. The number of hydrogen-bond acceptors (Lipinski definition) is 4. The molecule has 23 heavy (non-hydrogen) atoms. The van der Waals surface area contributed by atoms with Crippen LogP contribution in [0.15, 0.2) is 18.2 Å². The third-order valence-corrected chi connectivity index (χ3v) is 4.48. The van der Waals surface area contributed by atoms with Crippen molar-refractivity contribution in [3.8, 4) is 0 Å². The highest BCUT2D eigenvalue weighted by molar-refractivity contribution is 6.06. The fourth-order valence-corrected chi connectivity index (χ4v) is 3.07. The summed E-state index contributed by atoms with van der Waals surface area (Å²) in [7, 11) is 0. The molecule has 0 aliphatic heterocycles. The number of carbonyl (C=O) groups is 2. The number of fused-ring (bicyclic) bond motifs is 2. The van der Waals surface area contributed by atoms with Gasteiger partial charge in [0, 0.05) is 11.1 Å². The van der Waals surface area contributed by atoms with Crippen molar-refractivity contribution in [2.45, 2.75) is 52.6 Å². The Morgan fingerprint density at radius 3 is 2.70 bits per heavy atom. The van der Waals surface area contributed by atoms with Crippen molar-refractivity contribution in [3.63, 3.8) is 0 Å². The summed E-state index contributed by atoms with van der Waals surface area (Å²) >= 11 is 0. The first kappa shape index (κ1) is 15.7. The van der Waals surface area contributed by atoms with Crippen LogP contribution in [-0.2, 0) is 22.4 Å². The topological polar surface area (TPSA) is 56.3 Å². The number of carbonyl (C=O) groups excluding carboxylic acids is 2. The van der Waals surface area contributed by atoms with Crippen molar-refractivity contribution >= 4 is 22.7 Å². The SMILES string of the molecule is CC(=O)C(C)OC(=O)c1c2c(nc3ccc(C)cc13)CCCC2. The number of rotatable bonds is 3. The minimum Gasteiger partial charge on any atom is -0.451 e. The second-order valence-electron chi connectivity index (χ2n) is 6.30. The lowest BCUT2D eigenvalue weighted by atomic mass is 9.89. The number of benzene rings is 1. The van der Waals surface area contributed by atoms with Gasteiger partial charge in [-0.3, -0.25) is 9.78 Å². The summed E-state index contributed by atoms with van der Waals surface area (Å²) in [5.41, 5.74) is 4.48. The van der Waals surface area contributed by atoms with Crippen LogP contribution in [0, 0.1) is 6.92 Å². The molecule has 1 heterocycles. The van der Waals surface area contributed by atoms with Crippen LogP contribution >= 0.6 is 0 Å². The molecule has 1 atom stereocenters. The Kier molecular flexibility index (Phi) is 4.16. The lowest BCUT2D eigenvalue weighted by Gasteiger charge is -2.21. The fourth-order valence-electron chi connectivity index (χ4n) is 3.07. The Bertz CT molecular complexity index is 795. The van der Waals surface area contributed by atoms with Gasteiger partial charge in [-0.25, -0.2) is 4.79 Å². The maximum absolute atomic E-state index is 12.8. The van der Waals surface area contributed by atoms with Crippen LogP contribution in [0.5, 0.6) is 0 Å². The number of ketones is 1. The molecule has 0 bridgehead atoms.